The maximum Gasteiger partial charge on any atom is 0.336 e. The maximum absolute atomic E-state index is 12.1. The van der Waals surface area contributed by atoms with Gasteiger partial charge in [-0.2, -0.15) is 0 Å². The van der Waals surface area contributed by atoms with Gasteiger partial charge in [0.2, 0.25) is 0 Å². The molecule has 0 bridgehead atoms. The van der Waals surface area contributed by atoms with E-state index in [9.17, 15) is 4.79 Å². The minimum atomic E-state index is -0.283. The first-order valence-electron chi connectivity index (χ1n) is 10.0. The number of unbranched alkanes of at least 4 members (excludes halogenated alkanes) is 1. The Balaban J connectivity index is 1.79. The summed E-state index contributed by atoms with van der Waals surface area (Å²) in [5.74, 6) is 0.851. The molecule has 0 saturated carbocycles. The van der Waals surface area contributed by atoms with Crippen LogP contribution in [-0.2, 0) is 13.0 Å². The number of fused-ring (bicyclic) bond motifs is 2. The molecule has 4 rings (SSSR count). The van der Waals surface area contributed by atoms with Crippen molar-refractivity contribution in [2.75, 3.05) is 11.6 Å². The molecule has 2 aromatic carbocycles. The first kappa shape index (κ1) is 18.6. The summed E-state index contributed by atoms with van der Waals surface area (Å²) in [6.45, 7) is 9.67. The zero-order chi connectivity index (χ0) is 19.8. The number of anilines is 1. The van der Waals surface area contributed by atoms with Gasteiger partial charge in [-0.1, -0.05) is 31.0 Å². The monoisotopic (exact) mass is 377 g/mol. The molecule has 0 aliphatic carbocycles. The average molecular weight is 377 g/mol. The van der Waals surface area contributed by atoms with E-state index in [1.54, 1.807) is 6.07 Å². The number of rotatable bonds is 4. The van der Waals surface area contributed by atoms with Crippen LogP contribution in [0.4, 0.5) is 5.69 Å². The van der Waals surface area contributed by atoms with Crippen molar-refractivity contribution in [3.05, 3.63) is 68.6 Å². The molecule has 3 aromatic rings. The first-order valence-corrected chi connectivity index (χ1v) is 10.0. The lowest BCUT2D eigenvalue weighted by Gasteiger charge is -2.33. The number of hydrogen-bond acceptors (Lipinski definition) is 4. The maximum atomic E-state index is 12.1. The van der Waals surface area contributed by atoms with E-state index in [4.69, 9.17) is 9.15 Å². The van der Waals surface area contributed by atoms with Crippen molar-refractivity contribution < 1.29 is 9.15 Å². The van der Waals surface area contributed by atoms with Gasteiger partial charge in [-0.05, 0) is 56.9 Å². The number of aryl methyl sites for hydroxylation is 4. The van der Waals surface area contributed by atoms with Crippen LogP contribution in [-0.4, -0.2) is 6.73 Å². The van der Waals surface area contributed by atoms with Crippen molar-refractivity contribution in [3.63, 3.8) is 0 Å². The Bertz CT molecular complexity index is 1100. The Morgan fingerprint density at radius 2 is 1.93 bits per heavy atom. The van der Waals surface area contributed by atoms with Gasteiger partial charge in [-0.15, -0.1) is 0 Å². The van der Waals surface area contributed by atoms with Crippen molar-refractivity contribution in [2.45, 2.75) is 53.5 Å². The summed E-state index contributed by atoms with van der Waals surface area (Å²) < 4.78 is 11.7. The Kier molecular flexibility index (Phi) is 4.88. The van der Waals surface area contributed by atoms with E-state index < -0.39 is 0 Å². The van der Waals surface area contributed by atoms with E-state index >= 15 is 0 Å². The summed E-state index contributed by atoms with van der Waals surface area (Å²) >= 11 is 0. The van der Waals surface area contributed by atoms with Gasteiger partial charge in [0.25, 0.3) is 0 Å². The van der Waals surface area contributed by atoms with Gasteiger partial charge in [-0.25, -0.2) is 4.79 Å². The van der Waals surface area contributed by atoms with E-state index in [-0.39, 0.29) is 5.63 Å². The highest BCUT2D eigenvalue weighted by Gasteiger charge is 2.24. The van der Waals surface area contributed by atoms with Crippen LogP contribution in [0.2, 0.25) is 0 Å². The van der Waals surface area contributed by atoms with Crippen LogP contribution in [0.3, 0.4) is 0 Å². The third kappa shape index (κ3) is 3.28. The van der Waals surface area contributed by atoms with E-state index in [2.05, 4.69) is 49.9 Å². The third-order valence-corrected chi connectivity index (χ3v) is 5.60. The molecule has 146 valence electrons. The zero-order valence-electron chi connectivity index (χ0n) is 17.1. The van der Waals surface area contributed by atoms with Crippen molar-refractivity contribution in [1.82, 2.24) is 0 Å². The van der Waals surface area contributed by atoms with E-state index in [0.29, 0.717) is 12.3 Å². The molecule has 0 amide bonds. The topological polar surface area (TPSA) is 42.7 Å². The van der Waals surface area contributed by atoms with Crippen LogP contribution in [0, 0.1) is 20.8 Å². The highest BCUT2D eigenvalue weighted by molar-refractivity contribution is 5.86. The molecule has 0 atom stereocenters. The van der Waals surface area contributed by atoms with Crippen LogP contribution in [0.25, 0.3) is 11.0 Å². The minimum Gasteiger partial charge on any atom is -0.472 e. The van der Waals surface area contributed by atoms with Crippen molar-refractivity contribution >= 4 is 16.7 Å². The summed E-state index contributed by atoms with van der Waals surface area (Å²) in [7, 11) is 0. The van der Waals surface area contributed by atoms with Crippen LogP contribution >= 0.6 is 0 Å². The van der Waals surface area contributed by atoms with Crippen LogP contribution in [0.15, 0.2) is 39.5 Å². The van der Waals surface area contributed by atoms with Gasteiger partial charge in [0.1, 0.15) is 11.3 Å². The lowest BCUT2D eigenvalue weighted by molar-refractivity contribution is 0.287. The second-order valence-electron chi connectivity index (χ2n) is 7.82. The molecule has 0 radical (unpaired) electrons. The standard InChI is InChI=1S/C24H27NO3/c1-5-6-7-18-12-22(26)28-24-17(4)23-19(11-20(18)24)13-25(14-27-23)21-9-8-15(2)10-16(21)3/h8-12H,5-7,13-14H2,1-4H3. The highest BCUT2D eigenvalue weighted by Crippen LogP contribution is 2.37. The molecular weight excluding hydrogens is 350 g/mol. The van der Waals surface area contributed by atoms with E-state index in [0.717, 1.165) is 53.6 Å². The quantitative estimate of drug-likeness (QED) is 0.570. The number of benzene rings is 2. The van der Waals surface area contributed by atoms with Crippen LogP contribution in [0.5, 0.6) is 5.75 Å². The molecule has 1 aromatic heterocycles. The fraction of sp³-hybridized carbons (Fsp3) is 0.375. The Morgan fingerprint density at radius 3 is 2.68 bits per heavy atom. The minimum absolute atomic E-state index is 0.283. The molecule has 4 heteroatoms. The van der Waals surface area contributed by atoms with Gasteiger partial charge in [0.15, 0.2) is 6.73 Å². The Hall–Kier alpha value is -2.75. The summed E-state index contributed by atoms with van der Waals surface area (Å²) in [6, 6.07) is 10.3. The van der Waals surface area contributed by atoms with Gasteiger partial charge in [-0.3, -0.25) is 0 Å². The number of hydrogen-bond donors (Lipinski definition) is 0. The SMILES string of the molecule is CCCCc1cc(=O)oc2c(C)c3c(cc12)CN(c1ccc(C)cc1C)CO3. The second-order valence-corrected chi connectivity index (χ2v) is 7.82. The van der Waals surface area contributed by atoms with Crippen molar-refractivity contribution in [2.24, 2.45) is 0 Å². The summed E-state index contributed by atoms with van der Waals surface area (Å²) in [6.07, 6.45) is 3.04. The predicted octanol–water partition coefficient (Wildman–Crippen LogP) is 5.42. The Morgan fingerprint density at radius 1 is 1.11 bits per heavy atom. The average Bonchev–Trinajstić information content (AvgIpc) is 2.66. The summed E-state index contributed by atoms with van der Waals surface area (Å²) in [4.78, 5) is 14.3. The fourth-order valence-corrected chi connectivity index (χ4v) is 4.17. The number of ether oxygens (including phenoxy) is 1. The van der Waals surface area contributed by atoms with Crippen molar-refractivity contribution in [1.29, 1.82) is 0 Å². The molecular formula is C24H27NO3. The van der Waals surface area contributed by atoms with Crippen LogP contribution < -0.4 is 15.3 Å². The largest absolute Gasteiger partial charge is 0.472 e. The second kappa shape index (κ2) is 7.34. The molecule has 28 heavy (non-hydrogen) atoms. The normalized spacial score (nSPS) is 13.5. The van der Waals surface area contributed by atoms with Gasteiger partial charge in [0.05, 0.1) is 0 Å². The number of nitrogens with zero attached hydrogens (tertiary/aromatic N) is 1. The van der Waals surface area contributed by atoms with Gasteiger partial charge in [0, 0.05) is 34.8 Å². The lowest BCUT2D eigenvalue weighted by atomic mass is 9.98. The molecule has 2 heterocycles. The molecule has 0 unspecified atom stereocenters. The molecule has 1 aliphatic heterocycles. The van der Waals surface area contributed by atoms with Crippen LogP contribution in [0.1, 0.15) is 47.6 Å². The highest BCUT2D eigenvalue weighted by atomic mass is 16.5. The molecule has 1 aliphatic rings. The van der Waals surface area contributed by atoms with E-state index in [1.807, 2.05) is 6.92 Å². The van der Waals surface area contributed by atoms with Gasteiger partial charge < -0.3 is 14.1 Å². The lowest BCUT2D eigenvalue weighted by Crippen LogP contribution is -2.32. The molecule has 0 spiro atoms. The summed E-state index contributed by atoms with van der Waals surface area (Å²) in [5.41, 5.74) is 7.22. The summed E-state index contributed by atoms with van der Waals surface area (Å²) in [5, 5.41) is 1.04. The van der Waals surface area contributed by atoms with Gasteiger partial charge >= 0.3 is 5.63 Å². The first-order chi connectivity index (χ1) is 13.5. The molecule has 0 saturated heterocycles. The van der Waals surface area contributed by atoms with Crippen molar-refractivity contribution in [3.8, 4) is 5.75 Å². The Labute approximate surface area is 165 Å². The fourth-order valence-electron chi connectivity index (χ4n) is 4.17. The molecule has 0 fully saturated rings. The molecule has 0 N–H and O–H groups in total. The zero-order valence-corrected chi connectivity index (χ0v) is 17.1. The van der Waals surface area contributed by atoms with E-state index in [1.165, 1.54) is 16.8 Å². The third-order valence-electron chi connectivity index (χ3n) is 5.60. The predicted molar refractivity (Wildman–Crippen MR) is 113 cm³/mol. The smallest absolute Gasteiger partial charge is 0.336 e. The molecule has 4 nitrogen and oxygen atoms in total.